The van der Waals surface area contributed by atoms with Crippen molar-refractivity contribution in [3.63, 3.8) is 0 Å². The second kappa shape index (κ2) is 5.32. The van der Waals surface area contributed by atoms with Crippen molar-refractivity contribution in [3.05, 3.63) is 35.9 Å². The molecule has 1 N–H and O–H groups in total. The van der Waals surface area contributed by atoms with Crippen LogP contribution in [0.3, 0.4) is 0 Å². The summed E-state index contributed by atoms with van der Waals surface area (Å²) in [6.45, 7) is 0. The van der Waals surface area contributed by atoms with Gasteiger partial charge in [0, 0.05) is 0 Å². The summed E-state index contributed by atoms with van der Waals surface area (Å²) in [6.07, 6.45) is 6.84. The molecule has 1 aliphatic rings. The predicted molar refractivity (Wildman–Crippen MR) is 62.7 cm³/mol. The molecule has 82 valence electrons. The van der Waals surface area contributed by atoms with E-state index in [1.54, 1.807) is 0 Å². The van der Waals surface area contributed by atoms with Gasteiger partial charge in [-0.1, -0.05) is 43.2 Å². The number of aliphatic hydroxyl groups is 1. The molecule has 1 aromatic rings. The van der Waals surface area contributed by atoms with E-state index in [1.807, 2.05) is 6.07 Å². The third kappa shape index (κ3) is 4.05. The molecule has 0 amide bonds. The molecule has 0 spiro atoms. The zero-order chi connectivity index (χ0) is 10.5. The lowest BCUT2D eigenvalue weighted by Gasteiger charge is -2.09. The maximum Gasteiger partial charge on any atom is 0.0543 e. The fraction of sp³-hybridized carbons (Fsp3) is 0.571. The van der Waals surface area contributed by atoms with Gasteiger partial charge in [-0.25, -0.2) is 0 Å². The van der Waals surface area contributed by atoms with Crippen molar-refractivity contribution in [1.29, 1.82) is 0 Å². The van der Waals surface area contributed by atoms with Crippen LogP contribution >= 0.6 is 0 Å². The van der Waals surface area contributed by atoms with Crippen molar-refractivity contribution in [2.45, 2.75) is 44.6 Å². The van der Waals surface area contributed by atoms with E-state index in [0.717, 1.165) is 31.6 Å². The molecule has 1 nitrogen and oxygen atoms in total. The molecule has 2 rings (SSSR count). The van der Waals surface area contributed by atoms with Gasteiger partial charge in [-0.2, -0.15) is 0 Å². The molecule has 1 aliphatic carbocycles. The molecule has 1 unspecified atom stereocenters. The SMILES string of the molecule is OC(CCCc1ccccc1)CC1CC1. The zero-order valence-corrected chi connectivity index (χ0v) is 9.23. The number of benzene rings is 1. The summed E-state index contributed by atoms with van der Waals surface area (Å²) >= 11 is 0. The van der Waals surface area contributed by atoms with E-state index in [0.29, 0.717) is 0 Å². The highest BCUT2D eigenvalue weighted by molar-refractivity contribution is 5.14. The monoisotopic (exact) mass is 204 g/mol. The van der Waals surface area contributed by atoms with Crippen LogP contribution in [0.1, 0.15) is 37.7 Å². The molecule has 1 aromatic carbocycles. The highest BCUT2D eigenvalue weighted by Crippen LogP contribution is 2.34. The van der Waals surface area contributed by atoms with Gasteiger partial charge in [-0.3, -0.25) is 0 Å². The van der Waals surface area contributed by atoms with E-state index in [-0.39, 0.29) is 6.10 Å². The van der Waals surface area contributed by atoms with E-state index in [9.17, 15) is 5.11 Å². The second-order valence-corrected chi connectivity index (χ2v) is 4.71. The van der Waals surface area contributed by atoms with E-state index in [1.165, 1.54) is 18.4 Å². The predicted octanol–water partition coefficient (Wildman–Crippen LogP) is 3.17. The van der Waals surface area contributed by atoms with Crippen LogP contribution in [0, 0.1) is 5.92 Å². The van der Waals surface area contributed by atoms with Gasteiger partial charge in [-0.15, -0.1) is 0 Å². The molecule has 0 saturated heterocycles. The first-order chi connectivity index (χ1) is 7.34. The first kappa shape index (κ1) is 10.7. The van der Waals surface area contributed by atoms with Crippen LogP contribution in [0.4, 0.5) is 0 Å². The van der Waals surface area contributed by atoms with Gasteiger partial charge in [0.25, 0.3) is 0 Å². The molecule has 1 heteroatoms. The van der Waals surface area contributed by atoms with Crippen molar-refractivity contribution >= 4 is 0 Å². The summed E-state index contributed by atoms with van der Waals surface area (Å²) in [7, 11) is 0. The molecule has 15 heavy (non-hydrogen) atoms. The molecule has 0 radical (unpaired) electrons. The molecule has 1 fully saturated rings. The normalized spacial score (nSPS) is 17.7. The molecule has 0 bridgehead atoms. The average molecular weight is 204 g/mol. The van der Waals surface area contributed by atoms with Crippen molar-refractivity contribution in [2.24, 2.45) is 5.92 Å². The maximum atomic E-state index is 9.74. The van der Waals surface area contributed by atoms with Crippen LogP contribution in [0.25, 0.3) is 0 Å². The number of aryl methyl sites for hydroxylation is 1. The smallest absolute Gasteiger partial charge is 0.0543 e. The average Bonchev–Trinajstić information content (AvgIpc) is 3.03. The fourth-order valence-corrected chi connectivity index (χ4v) is 2.04. The molecular weight excluding hydrogens is 184 g/mol. The van der Waals surface area contributed by atoms with E-state index in [4.69, 9.17) is 0 Å². The number of aliphatic hydroxyl groups excluding tert-OH is 1. The molecule has 0 aliphatic heterocycles. The van der Waals surface area contributed by atoms with Gasteiger partial charge in [0.2, 0.25) is 0 Å². The molecular formula is C14H20O. The van der Waals surface area contributed by atoms with Crippen LogP contribution in [-0.4, -0.2) is 11.2 Å². The van der Waals surface area contributed by atoms with Gasteiger partial charge < -0.3 is 5.11 Å². The summed E-state index contributed by atoms with van der Waals surface area (Å²) in [5.74, 6) is 0.844. The highest BCUT2D eigenvalue weighted by atomic mass is 16.3. The zero-order valence-electron chi connectivity index (χ0n) is 9.23. The summed E-state index contributed by atoms with van der Waals surface area (Å²) in [5.41, 5.74) is 1.39. The van der Waals surface area contributed by atoms with Crippen molar-refractivity contribution < 1.29 is 5.11 Å². The largest absolute Gasteiger partial charge is 0.393 e. The third-order valence-corrected chi connectivity index (χ3v) is 3.15. The van der Waals surface area contributed by atoms with E-state index < -0.39 is 0 Å². The van der Waals surface area contributed by atoms with Gasteiger partial charge in [0.05, 0.1) is 6.10 Å². The summed E-state index contributed by atoms with van der Waals surface area (Å²) in [5, 5.41) is 9.74. The van der Waals surface area contributed by atoms with Crippen LogP contribution in [0.5, 0.6) is 0 Å². The number of rotatable bonds is 6. The lowest BCUT2D eigenvalue weighted by molar-refractivity contribution is 0.145. The fourth-order valence-electron chi connectivity index (χ4n) is 2.04. The lowest BCUT2D eigenvalue weighted by Crippen LogP contribution is -2.07. The lowest BCUT2D eigenvalue weighted by atomic mass is 10.0. The minimum Gasteiger partial charge on any atom is -0.393 e. The minimum absolute atomic E-state index is 0.0544. The van der Waals surface area contributed by atoms with Gasteiger partial charge in [0.15, 0.2) is 0 Å². The second-order valence-electron chi connectivity index (χ2n) is 4.71. The Morgan fingerprint density at radius 2 is 1.93 bits per heavy atom. The Labute approximate surface area is 92.1 Å². The Balaban J connectivity index is 1.61. The van der Waals surface area contributed by atoms with Gasteiger partial charge in [-0.05, 0) is 37.2 Å². The molecule has 1 atom stereocenters. The van der Waals surface area contributed by atoms with Gasteiger partial charge in [0.1, 0.15) is 0 Å². The minimum atomic E-state index is -0.0544. The first-order valence-corrected chi connectivity index (χ1v) is 6.06. The molecule has 0 heterocycles. The number of hydrogen-bond acceptors (Lipinski definition) is 1. The molecule has 1 saturated carbocycles. The van der Waals surface area contributed by atoms with Crippen molar-refractivity contribution in [3.8, 4) is 0 Å². The summed E-state index contributed by atoms with van der Waals surface area (Å²) in [4.78, 5) is 0. The standard InChI is InChI=1S/C14H20O/c15-14(11-13-9-10-13)8-4-7-12-5-2-1-3-6-12/h1-3,5-6,13-15H,4,7-11H2. The van der Waals surface area contributed by atoms with Crippen LogP contribution in [0.2, 0.25) is 0 Å². The number of hydrogen-bond donors (Lipinski definition) is 1. The Morgan fingerprint density at radius 3 is 2.60 bits per heavy atom. The topological polar surface area (TPSA) is 20.2 Å². The molecule has 0 aromatic heterocycles. The first-order valence-electron chi connectivity index (χ1n) is 6.06. The Bertz CT molecular complexity index is 277. The van der Waals surface area contributed by atoms with E-state index >= 15 is 0 Å². The Kier molecular flexibility index (Phi) is 3.79. The third-order valence-electron chi connectivity index (χ3n) is 3.15. The Morgan fingerprint density at radius 1 is 1.20 bits per heavy atom. The van der Waals surface area contributed by atoms with Gasteiger partial charge >= 0.3 is 0 Å². The quantitative estimate of drug-likeness (QED) is 0.754. The van der Waals surface area contributed by atoms with E-state index in [2.05, 4.69) is 24.3 Å². The van der Waals surface area contributed by atoms with Crippen LogP contribution in [-0.2, 0) is 6.42 Å². The summed E-state index contributed by atoms with van der Waals surface area (Å²) < 4.78 is 0. The van der Waals surface area contributed by atoms with Crippen molar-refractivity contribution in [2.75, 3.05) is 0 Å². The Hall–Kier alpha value is -0.820. The van der Waals surface area contributed by atoms with Crippen LogP contribution < -0.4 is 0 Å². The van der Waals surface area contributed by atoms with Crippen molar-refractivity contribution in [1.82, 2.24) is 0 Å². The summed E-state index contributed by atoms with van der Waals surface area (Å²) in [6, 6.07) is 10.5. The maximum absolute atomic E-state index is 9.74. The highest BCUT2D eigenvalue weighted by Gasteiger charge is 2.23. The van der Waals surface area contributed by atoms with Crippen LogP contribution in [0.15, 0.2) is 30.3 Å².